The van der Waals surface area contributed by atoms with E-state index < -0.39 is 12.0 Å². The SMILES string of the molecule is CC(C(=O)O)N(C)C(=O)C1Cc2ccccc2C1. The molecule has 1 atom stereocenters. The molecule has 1 N–H and O–H groups in total. The van der Waals surface area contributed by atoms with Crippen molar-refractivity contribution in [1.29, 1.82) is 0 Å². The summed E-state index contributed by atoms with van der Waals surface area (Å²) in [5.74, 6) is -1.17. The molecule has 0 saturated carbocycles. The van der Waals surface area contributed by atoms with Crippen LogP contribution in [0.2, 0.25) is 0 Å². The summed E-state index contributed by atoms with van der Waals surface area (Å²) in [5.41, 5.74) is 2.40. The largest absolute Gasteiger partial charge is 0.480 e. The second-order valence-corrected chi connectivity index (χ2v) is 4.84. The first-order valence-corrected chi connectivity index (χ1v) is 6.07. The molecule has 96 valence electrons. The van der Waals surface area contributed by atoms with E-state index in [9.17, 15) is 9.59 Å². The molecule has 0 spiro atoms. The van der Waals surface area contributed by atoms with Crippen LogP contribution in [0.5, 0.6) is 0 Å². The molecule has 4 nitrogen and oxygen atoms in total. The van der Waals surface area contributed by atoms with E-state index in [0.717, 1.165) is 0 Å². The van der Waals surface area contributed by atoms with Gasteiger partial charge < -0.3 is 10.0 Å². The fraction of sp³-hybridized carbons (Fsp3) is 0.429. The zero-order valence-electron chi connectivity index (χ0n) is 10.6. The van der Waals surface area contributed by atoms with Crippen LogP contribution in [-0.4, -0.2) is 35.0 Å². The van der Waals surface area contributed by atoms with E-state index in [4.69, 9.17) is 5.11 Å². The lowest BCUT2D eigenvalue weighted by atomic mass is 10.0. The Morgan fingerprint density at radius 3 is 2.22 bits per heavy atom. The van der Waals surface area contributed by atoms with Gasteiger partial charge in [0.05, 0.1) is 0 Å². The monoisotopic (exact) mass is 247 g/mol. The van der Waals surface area contributed by atoms with Crippen LogP contribution in [0.4, 0.5) is 0 Å². The van der Waals surface area contributed by atoms with E-state index >= 15 is 0 Å². The number of rotatable bonds is 3. The van der Waals surface area contributed by atoms with Gasteiger partial charge in [-0.05, 0) is 30.9 Å². The van der Waals surface area contributed by atoms with Gasteiger partial charge in [0, 0.05) is 13.0 Å². The molecule has 1 aliphatic rings. The van der Waals surface area contributed by atoms with Crippen molar-refractivity contribution in [2.24, 2.45) is 5.92 Å². The van der Waals surface area contributed by atoms with Crippen LogP contribution in [0.15, 0.2) is 24.3 Å². The molecular weight excluding hydrogens is 230 g/mol. The van der Waals surface area contributed by atoms with Crippen LogP contribution < -0.4 is 0 Å². The normalized spacial score (nSPS) is 16.1. The summed E-state index contributed by atoms with van der Waals surface area (Å²) in [6, 6.07) is 7.22. The number of benzene rings is 1. The minimum Gasteiger partial charge on any atom is -0.480 e. The number of likely N-dealkylation sites (N-methyl/N-ethyl adjacent to an activating group) is 1. The Labute approximate surface area is 106 Å². The van der Waals surface area contributed by atoms with Crippen molar-refractivity contribution in [2.75, 3.05) is 7.05 Å². The Balaban J connectivity index is 2.07. The molecule has 0 bridgehead atoms. The van der Waals surface area contributed by atoms with Gasteiger partial charge in [0.25, 0.3) is 0 Å². The van der Waals surface area contributed by atoms with E-state index in [-0.39, 0.29) is 11.8 Å². The molecule has 1 unspecified atom stereocenters. The fourth-order valence-electron chi connectivity index (χ4n) is 2.38. The smallest absolute Gasteiger partial charge is 0.326 e. The molecule has 2 rings (SSSR count). The summed E-state index contributed by atoms with van der Waals surface area (Å²) in [6.45, 7) is 1.53. The second-order valence-electron chi connectivity index (χ2n) is 4.84. The third kappa shape index (κ3) is 2.23. The average molecular weight is 247 g/mol. The van der Waals surface area contributed by atoms with Crippen molar-refractivity contribution in [2.45, 2.75) is 25.8 Å². The summed E-state index contributed by atoms with van der Waals surface area (Å²) in [7, 11) is 1.56. The number of aliphatic carboxylic acids is 1. The first kappa shape index (κ1) is 12.6. The number of carboxylic acids is 1. The lowest BCUT2D eigenvalue weighted by molar-refractivity contribution is -0.149. The standard InChI is InChI=1S/C14H17NO3/c1-9(14(17)18)15(2)13(16)12-7-10-5-3-4-6-11(10)8-12/h3-6,9,12H,7-8H2,1-2H3,(H,17,18). The summed E-state index contributed by atoms with van der Waals surface area (Å²) in [6.07, 6.45) is 1.43. The highest BCUT2D eigenvalue weighted by molar-refractivity contribution is 5.85. The maximum absolute atomic E-state index is 12.2. The van der Waals surface area contributed by atoms with Gasteiger partial charge in [-0.15, -0.1) is 0 Å². The molecule has 0 heterocycles. The summed E-state index contributed by atoms with van der Waals surface area (Å²) < 4.78 is 0. The topological polar surface area (TPSA) is 57.6 Å². The maximum Gasteiger partial charge on any atom is 0.326 e. The number of carbonyl (C=O) groups is 2. The van der Waals surface area contributed by atoms with E-state index in [1.807, 2.05) is 24.3 Å². The van der Waals surface area contributed by atoms with Gasteiger partial charge in [0.1, 0.15) is 6.04 Å². The first-order valence-electron chi connectivity index (χ1n) is 6.07. The molecule has 1 aliphatic carbocycles. The molecule has 4 heteroatoms. The quantitative estimate of drug-likeness (QED) is 0.876. The number of hydrogen-bond donors (Lipinski definition) is 1. The molecule has 0 saturated heterocycles. The summed E-state index contributed by atoms with van der Waals surface area (Å²) in [4.78, 5) is 24.4. The minimum atomic E-state index is -0.971. The van der Waals surface area contributed by atoms with Crippen molar-refractivity contribution in [1.82, 2.24) is 4.90 Å². The number of carbonyl (C=O) groups excluding carboxylic acids is 1. The van der Waals surface area contributed by atoms with Crippen LogP contribution in [0, 0.1) is 5.92 Å². The van der Waals surface area contributed by atoms with Gasteiger partial charge in [-0.1, -0.05) is 24.3 Å². The highest BCUT2D eigenvalue weighted by atomic mass is 16.4. The van der Waals surface area contributed by atoms with E-state index in [1.165, 1.54) is 23.0 Å². The number of amides is 1. The van der Waals surface area contributed by atoms with Gasteiger partial charge in [0.15, 0.2) is 0 Å². The Kier molecular flexibility index (Phi) is 3.36. The number of fused-ring (bicyclic) bond motifs is 1. The molecule has 0 fully saturated rings. The van der Waals surface area contributed by atoms with E-state index in [0.29, 0.717) is 12.8 Å². The molecule has 1 amide bonds. The number of carboxylic acid groups (broad SMARTS) is 1. The highest BCUT2D eigenvalue weighted by Crippen LogP contribution is 2.27. The molecular formula is C14H17NO3. The maximum atomic E-state index is 12.2. The van der Waals surface area contributed by atoms with E-state index in [2.05, 4.69) is 0 Å². The van der Waals surface area contributed by atoms with Gasteiger partial charge in [-0.3, -0.25) is 4.79 Å². The van der Waals surface area contributed by atoms with Crippen LogP contribution in [0.25, 0.3) is 0 Å². The zero-order valence-corrected chi connectivity index (χ0v) is 10.6. The lowest BCUT2D eigenvalue weighted by Crippen LogP contribution is -2.43. The van der Waals surface area contributed by atoms with Gasteiger partial charge in [0.2, 0.25) is 5.91 Å². The predicted molar refractivity (Wildman–Crippen MR) is 67.2 cm³/mol. The Morgan fingerprint density at radius 1 is 1.28 bits per heavy atom. The Morgan fingerprint density at radius 2 is 1.78 bits per heavy atom. The van der Waals surface area contributed by atoms with Crippen molar-refractivity contribution in [3.8, 4) is 0 Å². The first-order chi connectivity index (χ1) is 8.50. The molecule has 0 radical (unpaired) electrons. The molecule has 1 aromatic rings. The molecule has 0 aromatic heterocycles. The third-order valence-electron chi connectivity index (χ3n) is 3.69. The van der Waals surface area contributed by atoms with Gasteiger partial charge in [-0.2, -0.15) is 0 Å². The lowest BCUT2D eigenvalue weighted by Gasteiger charge is -2.24. The van der Waals surface area contributed by atoms with Crippen molar-refractivity contribution in [3.05, 3.63) is 35.4 Å². The van der Waals surface area contributed by atoms with Crippen LogP contribution >= 0.6 is 0 Å². The van der Waals surface area contributed by atoms with Crippen molar-refractivity contribution < 1.29 is 14.7 Å². The number of hydrogen-bond acceptors (Lipinski definition) is 2. The molecule has 18 heavy (non-hydrogen) atoms. The van der Waals surface area contributed by atoms with Gasteiger partial charge >= 0.3 is 5.97 Å². The van der Waals surface area contributed by atoms with Crippen molar-refractivity contribution in [3.63, 3.8) is 0 Å². The Hall–Kier alpha value is -1.84. The fourth-order valence-corrected chi connectivity index (χ4v) is 2.38. The average Bonchev–Trinajstić information content (AvgIpc) is 2.79. The van der Waals surface area contributed by atoms with Gasteiger partial charge in [-0.25, -0.2) is 4.79 Å². The summed E-state index contributed by atoms with van der Waals surface area (Å²) in [5, 5.41) is 8.92. The number of nitrogens with zero attached hydrogens (tertiary/aromatic N) is 1. The highest BCUT2D eigenvalue weighted by Gasteiger charge is 2.32. The van der Waals surface area contributed by atoms with Crippen LogP contribution in [-0.2, 0) is 22.4 Å². The third-order valence-corrected chi connectivity index (χ3v) is 3.69. The zero-order chi connectivity index (χ0) is 13.3. The minimum absolute atomic E-state index is 0.0823. The van der Waals surface area contributed by atoms with Crippen LogP contribution in [0.3, 0.4) is 0 Å². The summed E-state index contributed by atoms with van der Waals surface area (Å²) >= 11 is 0. The predicted octanol–water partition coefficient (Wildman–Crippen LogP) is 1.33. The van der Waals surface area contributed by atoms with Crippen molar-refractivity contribution >= 4 is 11.9 Å². The van der Waals surface area contributed by atoms with Crippen LogP contribution in [0.1, 0.15) is 18.1 Å². The molecule has 0 aliphatic heterocycles. The second kappa shape index (κ2) is 4.80. The Bertz CT molecular complexity index is 459. The molecule has 1 aromatic carbocycles. The van der Waals surface area contributed by atoms with E-state index in [1.54, 1.807) is 7.05 Å².